The van der Waals surface area contributed by atoms with Crippen molar-refractivity contribution in [1.82, 2.24) is 10.2 Å². The van der Waals surface area contributed by atoms with Crippen LogP contribution in [0.4, 0.5) is 5.69 Å². The van der Waals surface area contributed by atoms with Crippen LogP contribution in [0.1, 0.15) is 24.1 Å². The summed E-state index contributed by atoms with van der Waals surface area (Å²) in [7, 11) is 0. The Labute approximate surface area is 114 Å². The van der Waals surface area contributed by atoms with E-state index in [0.29, 0.717) is 10.2 Å². The number of rotatable bonds is 3. The van der Waals surface area contributed by atoms with Crippen LogP contribution in [0.25, 0.3) is 0 Å². The Balaban J connectivity index is 2.27. The molecule has 2 rings (SSSR count). The summed E-state index contributed by atoms with van der Waals surface area (Å²) >= 11 is 3.25. The van der Waals surface area contributed by atoms with E-state index in [-0.39, 0.29) is 11.6 Å². The molecule has 0 aliphatic heterocycles. The maximum atomic E-state index is 11.4. The molecule has 0 saturated heterocycles. The summed E-state index contributed by atoms with van der Waals surface area (Å²) in [5.74, 6) is 0. The van der Waals surface area contributed by atoms with E-state index in [2.05, 4.69) is 57.4 Å². The molecular formula is C13H14BrN3O. The van der Waals surface area contributed by atoms with Crippen molar-refractivity contribution in [3.8, 4) is 0 Å². The van der Waals surface area contributed by atoms with Crippen LogP contribution in [-0.2, 0) is 0 Å². The highest BCUT2D eigenvalue weighted by Gasteiger charge is 2.11. The van der Waals surface area contributed by atoms with Crippen LogP contribution in [0.15, 0.2) is 39.7 Å². The molecule has 0 aliphatic carbocycles. The Morgan fingerprint density at radius 2 is 2.11 bits per heavy atom. The molecule has 0 radical (unpaired) electrons. The Hall–Kier alpha value is -1.62. The number of nitrogens with one attached hydrogen (secondary N) is 2. The predicted molar refractivity (Wildman–Crippen MR) is 75.8 cm³/mol. The summed E-state index contributed by atoms with van der Waals surface area (Å²) in [6.45, 7) is 4.12. The molecule has 0 bridgehead atoms. The van der Waals surface area contributed by atoms with Gasteiger partial charge in [-0.3, -0.25) is 4.79 Å². The number of aromatic nitrogens is 2. The van der Waals surface area contributed by atoms with Gasteiger partial charge in [-0.2, -0.15) is 5.10 Å². The Morgan fingerprint density at radius 1 is 1.39 bits per heavy atom. The molecule has 0 spiro atoms. The van der Waals surface area contributed by atoms with Gasteiger partial charge in [0.05, 0.1) is 11.9 Å². The lowest BCUT2D eigenvalue weighted by Gasteiger charge is -2.18. The fourth-order valence-corrected chi connectivity index (χ4v) is 2.17. The number of hydrogen-bond donors (Lipinski definition) is 2. The second-order valence-electron chi connectivity index (χ2n) is 4.15. The zero-order valence-corrected chi connectivity index (χ0v) is 11.8. The molecule has 0 aliphatic rings. The molecule has 1 unspecified atom stereocenters. The van der Waals surface area contributed by atoms with Crippen molar-refractivity contribution in [1.29, 1.82) is 0 Å². The first kappa shape index (κ1) is 12.8. The summed E-state index contributed by atoms with van der Waals surface area (Å²) in [5.41, 5.74) is 2.86. The third kappa shape index (κ3) is 2.61. The minimum Gasteiger partial charge on any atom is -0.376 e. The van der Waals surface area contributed by atoms with E-state index in [1.807, 2.05) is 12.1 Å². The van der Waals surface area contributed by atoms with Crippen LogP contribution in [-0.4, -0.2) is 10.2 Å². The van der Waals surface area contributed by atoms with Gasteiger partial charge in [-0.25, -0.2) is 5.10 Å². The second-order valence-corrected chi connectivity index (χ2v) is 4.94. The van der Waals surface area contributed by atoms with Crippen LogP contribution < -0.4 is 10.9 Å². The van der Waals surface area contributed by atoms with Gasteiger partial charge in [0.2, 0.25) is 0 Å². The molecule has 18 heavy (non-hydrogen) atoms. The third-order valence-electron chi connectivity index (χ3n) is 2.82. The SMILES string of the molecule is Cc1ccccc1C(C)Nc1cn[nH]c(=O)c1Br. The first-order chi connectivity index (χ1) is 8.59. The molecule has 1 heterocycles. The van der Waals surface area contributed by atoms with Crippen molar-refractivity contribution in [3.05, 3.63) is 56.4 Å². The summed E-state index contributed by atoms with van der Waals surface area (Å²) in [6.07, 6.45) is 1.60. The molecule has 4 nitrogen and oxygen atoms in total. The summed E-state index contributed by atoms with van der Waals surface area (Å²) < 4.78 is 0.470. The van der Waals surface area contributed by atoms with Gasteiger partial charge in [0, 0.05) is 6.04 Å². The van der Waals surface area contributed by atoms with Crippen molar-refractivity contribution in [2.24, 2.45) is 0 Å². The highest BCUT2D eigenvalue weighted by atomic mass is 79.9. The first-order valence-corrected chi connectivity index (χ1v) is 6.44. The number of nitrogens with zero attached hydrogens (tertiary/aromatic N) is 1. The summed E-state index contributed by atoms with van der Waals surface area (Å²) in [5, 5.41) is 9.43. The number of halogens is 1. The van der Waals surface area contributed by atoms with Gasteiger partial charge in [-0.1, -0.05) is 24.3 Å². The molecule has 0 amide bonds. The topological polar surface area (TPSA) is 57.8 Å². The first-order valence-electron chi connectivity index (χ1n) is 5.65. The smallest absolute Gasteiger partial charge is 0.280 e. The molecule has 1 atom stereocenters. The van der Waals surface area contributed by atoms with Crippen LogP contribution in [0.5, 0.6) is 0 Å². The van der Waals surface area contributed by atoms with Crippen molar-refractivity contribution >= 4 is 21.6 Å². The number of anilines is 1. The normalized spacial score (nSPS) is 12.2. The number of H-pyrrole nitrogens is 1. The highest BCUT2D eigenvalue weighted by molar-refractivity contribution is 9.10. The van der Waals surface area contributed by atoms with Crippen LogP contribution >= 0.6 is 15.9 Å². The largest absolute Gasteiger partial charge is 0.376 e. The zero-order chi connectivity index (χ0) is 13.1. The van der Waals surface area contributed by atoms with Crippen molar-refractivity contribution < 1.29 is 0 Å². The highest BCUT2D eigenvalue weighted by Crippen LogP contribution is 2.24. The van der Waals surface area contributed by atoms with Crippen LogP contribution in [0.3, 0.4) is 0 Å². The lowest BCUT2D eigenvalue weighted by molar-refractivity contribution is 0.862. The lowest BCUT2D eigenvalue weighted by Crippen LogP contribution is -2.14. The minimum absolute atomic E-state index is 0.103. The molecule has 2 N–H and O–H groups in total. The maximum absolute atomic E-state index is 11.4. The fourth-order valence-electron chi connectivity index (χ4n) is 1.87. The van der Waals surface area contributed by atoms with E-state index >= 15 is 0 Å². The summed E-state index contributed by atoms with van der Waals surface area (Å²) in [4.78, 5) is 11.4. The van der Waals surface area contributed by atoms with Crippen LogP contribution in [0, 0.1) is 6.92 Å². The van der Waals surface area contributed by atoms with Crippen molar-refractivity contribution in [2.75, 3.05) is 5.32 Å². The van der Waals surface area contributed by atoms with Gasteiger partial charge in [0.1, 0.15) is 4.47 Å². The number of benzene rings is 1. The molecule has 0 saturated carbocycles. The van der Waals surface area contributed by atoms with Gasteiger partial charge in [0.15, 0.2) is 0 Å². The van der Waals surface area contributed by atoms with Crippen molar-refractivity contribution in [2.45, 2.75) is 19.9 Å². The molecular weight excluding hydrogens is 294 g/mol. The standard InChI is InChI=1S/C13H14BrN3O/c1-8-5-3-4-6-10(8)9(2)16-11-7-15-17-13(18)12(11)14/h3-7,9H,1-2H3,(H2,16,17,18). The summed E-state index contributed by atoms with van der Waals surface area (Å²) in [6, 6.07) is 8.26. The average Bonchev–Trinajstić information content (AvgIpc) is 2.35. The molecule has 0 fully saturated rings. The average molecular weight is 308 g/mol. The third-order valence-corrected chi connectivity index (χ3v) is 3.61. The lowest BCUT2D eigenvalue weighted by atomic mass is 10.0. The van der Waals surface area contributed by atoms with Gasteiger partial charge in [0.25, 0.3) is 5.56 Å². The van der Waals surface area contributed by atoms with Gasteiger partial charge < -0.3 is 5.32 Å². The molecule has 5 heteroatoms. The molecule has 1 aromatic carbocycles. The van der Waals surface area contributed by atoms with E-state index in [1.165, 1.54) is 11.1 Å². The number of hydrogen-bond acceptors (Lipinski definition) is 3. The van der Waals surface area contributed by atoms with E-state index in [1.54, 1.807) is 6.20 Å². The molecule has 2 aromatic rings. The molecule has 94 valence electrons. The number of aromatic amines is 1. The van der Waals surface area contributed by atoms with Gasteiger partial charge in [-0.05, 0) is 40.9 Å². The van der Waals surface area contributed by atoms with Crippen LogP contribution in [0.2, 0.25) is 0 Å². The van der Waals surface area contributed by atoms with Gasteiger partial charge in [-0.15, -0.1) is 0 Å². The fraction of sp³-hybridized carbons (Fsp3) is 0.231. The van der Waals surface area contributed by atoms with Crippen molar-refractivity contribution in [3.63, 3.8) is 0 Å². The van der Waals surface area contributed by atoms with E-state index in [4.69, 9.17) is 0 Å². The van der Waals surface area contributed by atoms with E-state index in [0.717, 1.165) is 0 Å². The zero-order valence-electron chi connectivity index (χ0n) is 10.2. The quantitative estimate of drug-likeness (QED) is 0.916. The Morgan fingerprint density at radius 3 is 2.83 bits per heavy atom. The van der Waals surface area contributed by atoms with Gasteiger partial charge >= 0.3 is 0 Å². The predicted octanol–water partition coefficient (Wildman–Crippen LogP) is 3.01. The van der Waals surface area contributed by atoms with E-state index < -0.39 is 0 Å². The molecule has 1 aromatic heterocycles. The minimum atomic E-state index is -0.239. The maximum Gasteiger partial charge on any atom is 0.280 e. The Bertz CT molecular complexity index is 609. The monoisotopic (exact) mass is 307 g/mol. The Kier molecular flexibility index (Phi) is 3.81. The van der Waals surface area contributed by atoms with E-state index in [9.17, 15) is 4.79 Å². The number of aryl methyl sites for hydroxylation is 1. The second kappa shape index (κ2) is 5.35.